The van der Waals surface area contributed by atoms with Crippen LogP contribution in [-0.4, -0.2) is 44.9 Å². The number of urea groups is 1. The van der Waals surface area contributed by atoms with Crippen molar-refractivity contribution in [1.29, 1.82) is 0 Å². The average Bonchev–Trinajstić information content (AvgIpc) is 3.69. The van der Waals surface area contributed by atoms with Crippen LogP contribution in [0.15, 0.2) is 36.5 Å². The van der Waals surface area contributed by atoms with Crippen LogP contribution in [0.3, 0.4) is 0 Å². The van der Waals surface area contributed by atoms with Crippen LogP contribution in [0.5, 0.6) is 0 Å². The Labute approximate surface area is 197 Å². The number of hydrogen-bond donors (Lipinski definition) is 1. The molecule has 1 aromatic carbocycles. The molecule has 1 N–H and O–H groups in total. The van der Waals surface area contributed by atoms with Gasteiger partial charge in [-0.25, -0.2) is 4.79 Å². The SMILES string of the molecule is CC(C)c1cccc(C(C)C)c1NC(=O)N(CC(=O)N(Cc1cccn1C)C1CC1)C1CC1. The molecule has 2 aromatic rings. The van der Waals surface area contributed by atoms with E-state index in [1.165, 1.54) is 0 Å². The molecule has 0 radical (unpaired) electrons. The molecular weight excluding hydrogens is 412 g/mol. The second-order valence-electron chi connectivity index (χ2n) is 10.3. The highest BCUT2D eigenvalue weighted by atomic mass is 16.2. The molecule has 0 spiro atoms. The van der Waals surface area contributed by atoms with Crippen LogP contribution in [0.25, 0.3) is 0 Å². The topological polar surface area (TPSA) is 57.6 Å². The number of hydrogen-bond acceptors (Lipinski definition) is 2. The highest BCUT2D eigenvalue weighted by Gasteiger charge is 2.38. The number of carbonyl (C=O) groups excluding carboxylic acids is 2. The van der Waals surface area contributed by atoms with E-state index in [0.29, 0.717) is 24.4 Å². The fourth-order valence-electron chi connectivity index (χ4n) is 4.51. The van der Waals surface area contributed by atoms with Gasteiger partial charge in [-0.1, -0.05) is 45.9 Å². The number of para-hydroxylation sites is 1. The molecule has 6 nitrogen and oxygen atoms in total. The van der Waals surface area contributed by atoms with E-state index < -0.39 is 0 Å². The molecule has 2 aliphatic rings. The number of rotatable bonds is 9. The van der Waals surface area contributed by atoms with Gasteiger partial charge in [-0.05, 0) is 60.8 Å². The van der Waals surface area contributed by atoms with E-state index in [2.05, 4.69) is 61.8 Å². The number of benzene rings is 1. The minimum absolute atomic E-state index is 0.0435. The van der Waals surface area contributed by atoms with E-state index in [1.807, 2.05) is 24.2 Å². The second kappa shape index (κ2) is 9.62. The molecule has 0 aliphatic heterocycles. The summed E-state index contributed by atoms with van der Waals surface area (Å²) in [6, 6.07) is 10.6. The summed E-state index contributed by atoms with van der Waals surface area (Å²) in [5.41, 5.74) is 4.30. The predicted octanol–water partition coefficient (Wildman–Crippen LogP) is 5.46. The van der Waals surface area contributed by atoms with Crippen LogP contribution in [-0.2, 0) is 18.4 Å². The van der Waals surface area contributed by atoms with Gasteiger partial charge in [-0.3, -0.25) is 4.79 Å². The number of aryl methyl sites for hydroxylation is 1. The monoisotopic (exact) mass is 450 g/mol. The number of carbonyl (C=O) groups is 2. The van der Waals surface area contributed by atoms with Gasteiger partial charge in [-0.15, -0.1) is 0 Å². The van der Waals surface area contributed by atoms with E-state index in [-0.39, 0.29) is 24.5 Å². The maximum absolute atomic E-state index is 13.5. The fourth-order valence-corrected chi connectivity index (χ4v) is 4.51. The molecule has 0 unspecified atom stereocenters. The lowest BCUT2D eigenvalue weighted by atomic mass is 9.93. The molecule has 1 aromatic heterocycles. The largest absolute Gasteiger partial charge is 0.353 e. The lowest BCUT2D eigenvalue weighted by Gasteiger charge is -2.29. The third-order valence-electron chi connectivity index (χ3n) is 6.85. The molecule has 0 atom stereocenters. The van der Waals surface area contributed by atoms with Crippen molar-refractivity contribution in [2.75, 3.05) is 11.9 Å². The third kappa shape index (κ3) is 5.43. The minimum atomic E-state index is -0.157. The molecule has 6 heteroatoms. The van der Waals surface area contributed by atoms with Gasteiger partial charge in [0.2, 0.25) is 5.91 Å². The summed E-state index contributed by atoms with van der Waals surface area (Å²) in [5.74, 6) is 0.637. The van der Waals surface area contributed by atoms with Crippen molar-refractivity contribution >= 4 is 17.6 Å². The van der Waals surface area contributed by atoms with Crippen molar-refractivity contribution < 1.29 is 9.59 Å². The number of aromatic nitrogens is 1. The molecular formula is C27H38N4O2. The van der Waals surface area contributed by atoms with Gasteiger partial charge in [0.1, 0.15) is 6.54 Å². The van der Waals surface area contributed by atoms with Crippen molar-refractivity contribution in [3.8, 4) is 0 Å². The zero-order valence-electron chi connectivity index (χ0n) is 20.7. The Morgan fingerprint density at radius 1 is 0.939 bits per heavy atom. The molecule has 33 heavy (non-hydrogen) atoms. The molecule has 2 saturated carbocycles. The number of nitrogens with one attached hydrogen (secondary N) is 1. The average molecular weight is 451 g/mol. The lowest BCUT2D eigenvalue weighted by molar-refractivity contribution is -0.133. The Balaban J connectivity index is 1.52. The van der Waals surface area contributed by atoms with Crippen molar-refractivity contribution in [2.45, 2.75) is 83.8 Å². The Morgan fingerprint density at radius 2 is 1.52 bits per heavy atom. The summed E-state index contributed by atoms with van der Waals surface area (Å²) in [5, 5.41) is 3.22. The first-order valence-electron chi connectivity index (χ1n) is 12.4. The van der Waals surface area contributed by atoms with E-state index in [9.17, 15) is 9.59 Å². The Kier molecular flexibility index (Phi) is 6.82. The van der Waals surface area contributed by atoms with Crippen LogP contribution >= 0.6 is 0 Å². The Hall–Kier alpha value is -2.76. The maximum Gasteiger partial charge on any atom is 0.322 e. The standard InChI is InChI=1S/C27H38N4O2/c1-18(2)23-9-6-10-24(19(3)4)26(23)28-27(33)31(21-13-14-21)17-25(32)30(20-11-12-20)16-22-8-7-15-29(22)5/h6-10,15,18-21H,11-14,16-17H2,1-5H3,(H,28,33). The first kappa shape index (κ1) is 23.4. The molecule has 3 amide bonds. The zero-order chi connectivity index (χ0) is 23.7. The van der Waals surface area contributed by atoms with Gasteiger partial charge in [0.05, 0.1) is 6.54 Å². The normalized spacial score (nSPS) is 15.7. The van der Waals surface area contributed by atoms with Crippen molar-refractivity contribution in [1.82, 2.24) is 14.4 Å². The van der Waals surface area contributed by atoms with Gasteiger partial charge in [0.25, 0.3) is 0 Å². The zero-order valence-corrected chi connectivity index (χ0v) is 20.7. The molecule has 1 heterocycles. The van der Waals surface area contributed by atoms with Crippen molar-refractivity contribution in [3.05, 3.63) is 53.3 Å². The van der Waals surface area contributed by atoms with Crippen molar-refractivity contribution in [2.24, 2.45) is 7.05 Å². The highest BCUT2D eigenvalue weighted by Crippen LogP contribution is 2.34. The van der Waals surface area contributed by atoms with Gasteiger partial charge in [-0.2, -0.15) is 0 Å². The maximum atomic E-state index is 13.5. The summed E-state index contributed by atoms with van der Waals surface area (Å²) >= 11 is 0. The van der Waals surface area contributed by atoms with E-state index in [4.69, 9.17) is 0 Å². The van der Waals surface area contributed by atoms with E-state index >= 15 is 0 Å². The van der Waals surface area contributed by atoms with Crippen LogP contribution in [0.2, 0.25) is 0 Å². The van der Waals surface area contributed by atoms with Crippen LogP contribution in [0, 0.1) is 0 Å². The van der Waals surface area contributed by atoms with Gasteiger partial charge in [0.15, 0.2) is 0 Å². The highest BCUT2D eigenvalue weighted by molar-refractivity contribution is 5.94. The molecule has 4 rings (SSSR count). The summed E-state index contributed by atoms with van der Waals surface area (Å²) in [7, 11) is 2.01. The van der Waals surface area contributed by atoms with Crippen LogP contribution in [0.1, 0.15) is 82.0 Å². The fraction of sp³-hybridized carbons (Fsp3) is 0.556. The van der Waals surface area contributed by atoms with Gasteiger partial charge < -0.3 is 19.7 Å². The number of nitrogens with zero attached hydrogens (tertiary/aromatic N) is 3. The first-order chi connectivity index (χ1) is 15.8. The predicted molar refractivity (Wildman–Crippen MR) is 132 cm³/mol. The number of amides is 3. The van der Waals surface area contributed by atoms with Gasteiger partial charge >= 0.3 is 6.03 Å². The van der Waals surface area contributed by atoms with Crippen molar-refractivity contribution in [3.63, 3.8) is 0 Å². The molecule has 2 aliphatic carbocycles. The molecule has 0 saturated heterocycles. The smallest absolute Gasteiger partial charge is 0.322 e. The Morgan fingerprint density at radius 3 is 2.00 bits per heavy atom. The minimum Gasteiger partial charge on any atom is -0.353 e. The number of anilines is 1. The molecule has 0 bridgehead atoms. The lowest BCUT2D eigenvalue weighted by Crippen LogP contribution is -2.46. The summed E-state index contributed by atoms with van der Waals surface area (Å²) in [4.78, 5) is 30.6. The molecule has 178 valence electrons. The summed E-state index contributed by atoms with van der Waals surface area (Å²) in [6.07, 6.45) is 6.03. The van der Waals surface area contributed by atoms with Crippen LogP contribution in [0.4, 0.5) is 10.5 Å². The second-order valence-corrected chi connectivity index (χ2v) is 10.3. The third-order valence-corrected chi connectivity index (χ3v) is 6.85. The summed E-state index contributed by atoms with van der Waals surface area (Å²) < 4.78 is 2.06. The van der Waals surface area contributed by atoms with Crippen LogP contribution < -0.4 is 5.32 Å². The molecule has 2 fully saturated rings. The van der Waals surface area contributed by atoms with E-state index in [0.717, 1.165) is 48.2 Å². The quantitative estimate of drug-likeness (QED) is 0.551. The Bertz CT molecular complexity index is 975. The van der Waals surface area contributed by atoms with Gasteiger partial charge in [0, 0.05) is 36.7 Å². The van der Waals surface area contributed by atoms with E-state index in [1.54, 1.807) is 4.90 Å². The summed E-state index contributed by atoms with van der Waals surface area (Å²) in [6.45, 7) is 9.32. The first-order valence-corrected chi connectivity index (χ1v) is 12.4.